The van der Waals surface area contributed by atoms with Crippen molar-refractivity contribution < 1.29 is 9.53 Å². The molecule has 0 saturated heterocycles. The largest absolute Gasteiger partial charge is 0.497 e. The first-order valence-electron chi connectivity index (χ1n) is 7.25. The van der Waals surface area contributed by atoms with E-state index in [0.29, 0.717) is 11.4 Å². The molecule has 2 aromatic carbocycles. The van der Waals surface area contributed by atoms with Gasteiger partial charge in [-0.3, -0.25) is 4.79 Å². The lowest BCUT2D eigenvalue weighted by molar-refractivity contribution is 0.102. The molecule has 0 aliphatic rings. The first-order chi connectivity index (χ1) is 11.2. The summed E-state index contributed by atoms with van der Waals surface area (Å²) in [7, 11) is 1.62. The fraction of sp³-hybridized carbons (Fsp3) is 0.111. The van der Waals surface area contributed by atoms with Crippen molar-refractivity contribution >= 4 is 11.7 Å². The van der Waals surface area contributed by atoms with Crippen LogP contribution in [0.2, 0.25) is 0 Å². The molecule has 5 nitrogen and oxygen atoms in total. The average molecular weight is 307 g/mol. The zero-order valence-electron chi connectivity index (χ0n) is 13.0. The van der Waals surface area contributed by atoms with Gasteiger partial charge in [-0.2, -0.15) is 5.10 Å². The molecule has 1 heterocycles. The number of methoxy groups -OCH3 is 1. The molecule has 0 saturated carbocycles. The molecule has 0 spiro atoms. The average Bonchev–Trinajstić information content (AvgIpc) is 2.96. The third-order valence-electron chi connectivity index (χ3n) is 3.43. The Bertz CT molecular complexity index is 808. The molecule has 23 heavy (non-hydrogen) atoms. The zero-order chi connectivity index (χ0) is 16.2. The summed E-state index contributed by atoms with van der Waals surface area (Å²) in [5, 5.41) is 7.35. The van der Waals surface area contributed by atoms with Crippen LogP contribution in [0.3, 0.4) is 0 Å². The van der Waals surface area contributed by atoms with Crippen LogP contribution in [-0.4, -0.2) is 22.8 Å². The molecule has 0 aliphatic carbocycles. The van der Waals surface area contributed by atoms with Gasteiger partial charge < -0.3 is 10.1 Å². The Kier molecular flexibility index (Phi) is 4.10. The van der Waals surface area contributed by atoms with E-state index in [1.807, 2.05) is 55.5 Å². The van der Waals surface area contributed by atoms with E-state index in [1.54, 1.807) is 23.9 Å². The minimum atomic E-state index is -0.166. The number of hydrogen-bond donors (Lipinski definition) is 1. The molecular weight excluding hydrogens is 290 g/mol. The molecule has 0 unspecified atom stereocenters. The summed E-state index contributed by atoms with van der Waals surface area (Å²) in [6.07, 6.45) is 0. The number of rotatable bonds is 4. The van der Waals surface area contributed by atoms with E-state index >= 15 is 0 Å². The van der Waals surface area contributed by atoms with Crippen LogP contribution in [0.25, 0.3) is 5.69 Å². The molecule has 1 N–H and O–H groups in total. The number of anilines is 1. The first-order valence-corrected chi connectivity index (χ1v) is 7.25. The van der Waals surface area contributed by atoms with Crippen LogP contribution < -0.4 is 10.1 Å². The SMILES string of the molecule is COc1ccc(-n2nc(C)cc2NC(=O)c2ccccc2)cc1. The Balaban J connectivity index is 1.90. The number of aromatic nitrogens is 2. The maximum absolute atomic E-state index is 12.3. The summed E-state index contributed by atoms with van der Waals surface area (Å²) < 4.78 is 6.87. The maximum atomic E-state index is 12.3. The highest BCUT2D eigenvalue weighted by Crippen LogP contribution is 2.20. The number of carbonyl (C=O) groups is 1. The number of amides is 1. The Morgan fingerprint density at radius 3 is 2.43 bits per heavy atom. The highest BCUT2D eigenvalue weighted by Gasteiger charge is 2.12. The van der Waals surface area contributed by atoms with Gasteiger partial charge in [0, 0.05) is 11.6 Å². The summed E-state index contributed by atoms with van der Waals surface area (Å²) in [5.41, 5.74) is 2.28. The van der Waals surface area contributed by atoms with Crippen molar-refractivity contribution in [3.05, 3.63) is 71.9 Å². The van der Waals surface area contributed by atoms with Crippen molar-refractivity contribution in [2.45, 2.75) is 6.92 Å². The molecule has 3 aromatic rings. The van der Waals surface area contributed by atoms with E-state index < -0.39 is 0 Å². The van der Waals surface area contributed by atoms with E-state index in [9.17, 15) is 4.79 Å². The van der Waals surface area contributed by atoms with Crippen molar-refractivity contribution in [1.29, 1.82) is 0 Å². The molecule has 1 amide bonds. The Labute approximate surface area is 134 Å². The van der Waals surface area contributed by atoms with Crippen LogP contribution in [-0.2, 0) is 0 Å². The van der Waals surface area contributed by atoms with Crippen molar-refractivity contribution in [1.82, 2.24) is 9.78 Å². The quantitative estimate of drug-likeness (QED) is 0.803. The number of carbonyl (C=O) groups excluding carboxylic acids is 1. The van der Waals surface area contributed by atoms with Crippen molar-refractivity contribution in [2.24, 2.45) is 0 Å². The number of aryl methyl sites for hydroxylation is 1. The van der Waals surface area contributed by atoms with E-state index in [4.69, 9.17) is 4.74 Å². The van der Waals surface area contributed by atoms with Gasteiger partial charge in [0.25, 0.3) is 5.91 Å². The third kappa shape index (κ3) is 3.23. The normalized spacial score (nSPS) is 10.3. The number of nitrogens with one attached hydrogen (secondary N) is 1. The number of benzene rings is 2. The van der Waals surface area contributed by atoms with Gasteiger partial charge in [0.1, 0.15) is 11.6 Å². The van der Waals surface area contributed by atoms with Gasteiger partial charge in [-0.1, -0.05) is 18.2 Å². The monoisotopic (exact) mass is 307 g/mol. The van der Waals surface area contributed by atoms with Crippen LogP contribution in [0.4, 0.5) is 5.82 Å². The molecule has 0 fully saturated rings. The smallest absolute Gasteiger partial charge is 0.256 e. The second-order valence-corrected chi connectivity index (χ2v) is 5.10. The molecule has 0 atom stereocenters. The lowest BCUT2D eigenvalue weighted by Gasteiger charge is -2.09. The summed E-state index contributed by atoms with van der Waals surface area (Å²) in [4.78, 5) is 12.3. The van der Waals surface area contributed by atoms with Crippen molar-refractivity contribution in [3.8, 4) is 11.4 Å². The minimum Gasteiger partial charge on any atom is -0.497 e. The van der Waals surface area contributed by atoms with Gasteiger partial charge in [0.15, 0.2) is 0 Å². The van der Waals surface area contributed by atoms with Gasteiger partial charge in [0.2, 0.25) is 0 Å². The Morgan fingerprint density at radius 2 is 1.78 bits per heavy atom. The maximum Gasteiger partial charge on any atom is 0.256 e. The number of hydrogen-bond acceptors (Lipinski definition) is 3. The molecule has 0 radical (unpaired) electrons. The summed E-state index contributed by atoms with van der Waals surface area (Å²) >= 11 is 0. The molecule has 5 heteroatoms. The summed E-state index contributed by atoms with van der Waals surface area (Å²) in [5.74, 6) is 1.23. The standard InChI is InChI=1S/C18H17N3O2/c1-13-12-17(19-18(22)14-6-4-3-5-7-14)21(20-13)15-8-10-16(23-2)11-9-15/h3-12H,1-2H3,(H,19,22). The van der Waals surface area contributed by atoms with Gasteiger partial charge >= 0.3 is 0 Å². The lowest BCUT2D eigenvalue weighted by Crippen LogP contribution is -2.15. The Hall–Kier alpha value is -3.08. The van der Waals surface area contributed by atoms with Crippen LogP contribution in [0, 0.1) is 6.92 Å². The highest BCUT2D eigenvalue weighted by molar-refractivity contribution is 6.03. The van der Waals surface area contributed by atoms with E-state index in [1.165, 1.54) is 0 Å². The zero-order valence-corrected chi connectivity index (χ0v) is 13.0. The highest BCUT2D eigenvalue weighted by atomic mass is 16.5. The molecule has 116 valence electrons. The second-order valence-electron chi connectivity index (χ2n) is 5.10. The van der Waals surface area contributed by atoms with Crippen LogP contribution in [0.15, 0.2) is 60.7 Å². The van der Waals surface area contributed by atoms with Gasteiger partial charge in [-0.15, -0.1) is 0 Å². The van der Waals surface area contributed by atoms with Crippen LogP contribution in [0.1, 0.15) is 16.1 Å². The summed E-state index contributed by atoms with van der Waals surface area (Å²) in [6.45, 7) is 1.89. The number of ether oxygens (including phenoxy) is 1. The lowest BCUT2D eigenvalue weighted by atomic mass is 10.2. The molecule has 1 aromatic heterocycles. The number of nitrogens with zero attached hydrogens (tertiary/aromatic N) is 2. The topological polar surface area (TPSA) is 56.1 Å². The van der Waals surface area contributed by atoms with E-state index in [0.717, 1.165) is 17.1 Å². The van der Waals surface area contributed by atoms with E-state index in [2.05, 4.69) is 10.4 Å². The second kappa shape index (κ2) is 6.36. The van der Waals surface area contributed by atoms with Crippen LogP contribution >= 0.6 is 0 Å². The van der Waals surface area contributed by atoms with Crippen molar-refractivity contribution in [3.63, 3.8) is 0 Å². The fourth-order valence-electron chi connectivity index (χ4n) is 2.29. The van der Waals surface area contributed by atoms with Crippen LogP contribution in [0.5, 0.6) is 5.75 Å². The molecule has 0 bridgehead atoms. The minimum absolute atomic E-state index is 0.166. The molecule has 3 rings (SSSR count). The van der Waals surface area contributed by atoms with Gasteiger partial charge in [-0.25, -0.2) is 4.68 Å². The summed E-state index contributed by atoms with van der Waals surface area (Å²) in [6, 6.07) is 18.4. The van der Waals surface area contributed by atoms with E-state index in [-0.39, 0.29) is 5.91 Å². The fourth-order valence-corrected chi connectivity index (χ4v) is 2.29. The molecule has 0 aliphatic heterocycles. The van der Waals surface area contributed by atoms with Gasteiger partial charge in [-0.05, 0) is 43.3 Å². The first kappa shape index (κ1) is 14.8. The third-order valence-corrected chi connectivity index (χ3v) is 3.43. The Morgan fingerprint density at radius 1 is 1.09 bits per heavy atom. The predicted octanol–water partition coefficient (Wildman–Crippen LogP) is 3.44. The van der Waals surface area contributed by atoms with Crippen molar-refractivity contribution in [2.75, 3.05) is 12.4 Å². The molecular formula is C18H17N3O2. The van der Waals surface area contributed by atoms with Gasteiger partial charge in [0.05, 0.1) is 18.5 Å². The predicted molar refractivity (Wildman–Crippen MR) is 89.2 cm³/mol.